The highest BCUT2D eigenvalue weighted by Gasteiger charge is 2.18. The number of hydrogen-bond donors (Lipinski definition) is 0. The molecule has 2 aromatic carbocycles. The Morgan fingerprint density at radius 3 is 2.65 bits per heavy atom. The summed E-state index contributed by atoms with van der Waals surface area (Å²) in [6, 6.07) is 17.4. The molecule has 0 saturated carbocycles. The lowest BCUT2D eigenvalue weighted by atomic mass is 10.1. The van der Waals surface area contributed by atoms with Crippen molar-refractivity contribution in [2.75, 3.05) is 11.4 Å². The summed E-state index contributed by atoms with van der Waals surface area (Å²) in [5.41, 5.74) is 5.72. The van der Waals surface area contributed by atoms with Gasteiger partial charge in [-0.25, -0.2) is 0 Å². The van der Waals surface area contributed by atoms with Gasteiger partial charge in [0, 0.05) is 18.8 Å². The Balaban J connectivity index is 1.87. The molecule has 0 N–H and O–H groups in total. The van der Waals surface area contributed by atoms with Crippen molar-refractivity contribution >= 4 is 5.69 Å². The molecule has 1 heterocycles. The van der Waals surface area contributed by atoms with Crippen molar-refractivity contribution in [3.8, 4) is 0 Å². The first-order valence-electron chi connectivity index (χ1n) is 6.22. The third kappa shape index (κ3) is 1.93. The van der Waals surface area contributed by atoms with Gasteiger partial charge >= 0.3 is 0 Å². The van der Waals surface area contributed by atoms with Gasteiger partial charge in [-0.05, 0) is 36.1 Å². The number of nitrogens with zero attached hydrogens (tertiary/aromatic N) is 1. The number of aryl methyl sites for hydroxylation is 1. The van der Waals surface area contributed by atoms with Crippen LogP contribution in [0.1, 0.15) is 16.7 Å². The predicted molar refractivity (Wildman–Crippen MR) is 72.4 cm³/mol. The van der Waals surface area contributed by atoms with E-state index in [1.54, 1.807) is 0 Å². The highest BCUT2D eigenvalue weighted by molar-refractivity contribution is 5.58. The van der Waals surface area contributed by atoms with Crippen LogP contribution in [0.4, 0.5) is 5.69 Å². The summed E-state index contributed by atoms with van der Waals surface area (Å²) >= 11 is 0. The molecule has 0 radical (unpaired) electrons. The van der Waals surface area contributed by atoms with Gasteiger partial charge in [-0.15, -0.1) is 0 Å². The molecule has 0 aromatic heterocycles. The lowest BCUT2D eigenvalue weighted by Gasteiger charge is -2.20. The second kappa shape index (κ2) is 4.25. The number of benzene rings is 2. The zero-order valence-corrected chi connectivity index (χ0v) is 10.2. The van der Waals surface area contributed by atoms with Crippen molar-refractivity contribution in [1.29, 1.82) is 0 Å². The van der Waals surface area contributed by atoms with Gasteiger partial charge in [-0.2, -0.15) is 0 Å². The fraction of sp³-hybridized carbons (Fsp3) is 0.250. The van der Waals surface area contributed by atoms with Gasteiger partial charge in [0.15, 0.2) is 0 Å². The minimum absolute atomic E-state index is 1.03. The van der Waals surface area contributed by atoms with E-state index in [0.717, 1.165) is 13.1 Å². The summed E-state index contributed by atoms with van der Waals surface area (Å²) in [6.45, 7) is 4.37. The molecule has 0 amide bonds. The minimum atomic E-state index is 1.03. The molecule has 1 heteroatoms. The fourth-order valence-corrected chi connectivity index (χ4v) is 2.56. The lowest BCUT2D eigenvalue weighted by Crippen LogP contribution is -2.20. The molecule has 0 bridgehead atoms. The van der Waals surface area contributed by atoms with Crippen LogP contribution in [0.2, 0.25) is 0 Å². The van der Waals surface area contributed by atoms with Crippen LogP contribution in [0, 0.1) is 6.92 Å². The van der Waals surface area contributed by atoms with Gasteiger partial charge in [0.2, 0.25) is 0 Å². The Bertz CT molecular complexity index is 531. The Morgan fingerprint density at radius 1 is 1.00 bits per heavy atom. The van der Waals surface area contributed by atoms with E-state index in [1.165, 1.54) is 28.8 Å². The van der Waals surface area contributed by atoms with Gasteiger partial charge in [-0.1, -0.05) is 42.5 Å². The van der Waals surface area contributed by atoms with Crippen molar-refractivity contribution in [3.63, 3.8) is 0 Å². The van der Waals surface area contributed by atoms with Crippen molar-refractivity contribution in [2.45, 2.75) is 19.9 Å². The molecule has 2 aromatic rings. The average Bonchev–Trinajstić information content (AvgIpc) is 2.76. The normalized spacial score (nSPS) is 13.8. The monoisotopic (exact) mass is 223 g/mol. The molecule has 0 aliphatic carbocycles. The van der Waals surface area contributed by atoms with Crippen LogP contribution < -0.4 is 4.90 Å². The van der Waals surface area contributed by atoms with Gasteiger partial charge in [-0.3, -0.25) is 0 Å². The standard InChI is InChI=1S/C16H17N/c1-13-6-2-3-8-15(13)12-17-11-10-14-7-4-5-9-16(14)17/h2-9H,10-12H2,1H3. The molecule has 1 nitrogen and oxygen atoms in total. The van der Waals surface area contributed by atoms with Crippen LogP contribution in [0.15, 0.2) is 48.5 Å². The first-order valence-corrected chi connectivity index (χ1v) is 6.22. The summed E-state index contributed by atoms with van der Waals surface area (Å²) in [6.07, 6.45) is 1.18. The summed E-state index contributed by atoms with van der Waals surface area (Å²) in [5, 5.41) is 0. The van der Waals surface area contributed by atoms with E-state index in [-0.39, 0.29) is 0 Å². The predicted octanol–water partition coefficient (Wildman–Crippen LogP) is 3.56. The van der Waals surface area contributed by atoms with Gasteiger partial charge in [0.1, 0.15) is 0 Å². The smallest absolute Gasteiger partial charge is 0.0432 e. The van der Waals surface area contributed by atoms with E-state index < -0.39 is 0 Å². The summed E-state index contributed by atoms with van der Waals surface area (Å²) in [4.78, 5) is 2.48. The number of hydrogen-bond acceptors (Lipinski definition) is 1. The molecule has 3 rings (SSSR count). The number of fused-ring (bicyclic) bond motifs is 1. The van der Waals surface area contributed by atoms with E-state index in [2.05, 4.69) is 60.4 Å². The molecule has 0 fully saturated rings. The Morgan fingerprint density at radius 2 is 1.76 bits per heavy atom. The van der Waals surface area contributed by atoms with E-state index in [1.807, 2.05) is 0 Å². The quantitative estimate of drug-likeness (QED) is 0.752. The summed E-state index contributed by atoms with van der Waals surface area (Å²) in [7, 11) is 0. The summed E-state index contributed by atoms with van der Waals surface area (Å²) < 4.78 is 0. The average molecular weight is 223 g/mol. The van der Waals surface area contributed by atoms with Crippen LogP contribution in [0.25, 0.3) is 0 Å². The zero-order chi connectivity index (χ0) is 11.7. The van der Waals surface area contributed by atoms with E-state index >= 15 is 0 Å². The van der Waals surface area contributed by atoms with Crippen LogP contribution in [-0.4, -0.2) is 6.54 Å². The van der Waals surface area contributed by atoms with Crippen LogP contribution in [0.5, 0.6) is 0 Å². The highest BCUT2D eigenvalue weighted by atomic mass is 15.1. The second-order valence-electron chi connectivity index (χ2n) is 4.73. The largest absolute Gasteiger partial charge is 0.367 e. The molecular weight excluding hydrogens is 206 g/mol. The molecule has 0 saturated heterocycles. The van der Waals surface area contributed by atoms with Gasteiger partial charge in [0.25, 0.3) is 0 Å². The molecule has 17 heavy (non-hydrogen) atoms. The van der Waals surface area contributed by atoms with E-state index in [4.69, 9.17) is 0 Å². The third-order valence-electron chi connectivity index (χ3n) is 3.61. The van der Waals surface area contributed by atoms with Crippen molar-refractivity contribution in [1.82, 2.24) is 0 Å². The molecule has 0 unspecified atom stereocenters. The van der Waals surface area contributed by atoms with Crippen LogP contribution >= 0.6 is 0 Å². The highest BCUT2D eigenvalue weighted by Crippen LogP contribution is 2.29. The van der Waals surface area contributed by atoms with Crippen molar-refractivity contribution in [2.24, 2.45) is 0 Å². The molecular formula is C16H17N. The maximum absolute atomic E-state index is 2.48. The minimum Gasteiger partial charge on any atom is -0.367 e. The number of rotatable bonds is 2. The first kappa shape index (κ1) is 10.4. The van der Waals surface area contributed by atoms with Crippen molar-refractivity contribution in [3.05, 3.63) is 65.2 Å². The maximum Gasteiger partial charge on any atom is 0.0432 e. The summed E-state index contributed by atoms with van der Waals surface area (Å²) in [5.74, 6) is 0. The molecule has 86 valence electrons. The van der Waals surface area contributed by atoms with Crippen molar-refractivity contribution < 1.29 is 0 Å². The molecule has 0 atom stereocenters. The van der Waals surface area contributed by atoms with Gasteiger partial charge in [0.05, 0.1) is 0 Å². The lowest BCUT2D eigenvalue weighted by molar-refractivity contribution is 0.831. The number of anilines is 1. The van der Waals surface area contributed by atoms with Gasteiger partial charge < -0.3 is 4.90 Å². The zero-order valence-electron chi connectivity index (χ0n) is 10.2. The Hall–Kier alpha value is -1.76. The van der Waals surface area contributed by atoms with E-state index in [0.29, 0.717) is 0 Å². The molecule has 0 spiro atoms. The first-order chi connectivity index (χ1) is 8.34. The maximum atomic E-state index is 2.48. The Labute approximate surface area is 103 Å². The van der Waals surface area contributed by atoms with Crippen LogP contribution in [-0.2, 0) is 13.0 Å². The molecule has 1 aliphatic heterocycles. The van der Waals surface area contributed by atoms with E-state index in [9.17, 15) is 0 Å². The topological polar surface area (TPSA) is 3.24 Å². The second-order valence-corrected chi connectivity index (χ2v) is 4.73. The van der Waals surface area contributed by atoms with Crippen LogP contribution in [0.3, 0.4) is 0 Å². The molecule has 1 aliphatic rings. The Kier molecular flexibility index (Phi) is 2.60. The number of para-hydroxylation sites is 1. The third-order valence-corrected chi connectivity index (χ3v) is 3.61. The SMILES string of the molecule is Cc1ccccc1CN1CCc2ccccc21. The fourth-order valence-electron chi connectivity index (χ4n) is 2.56.